The fourth-order valence-electron chi connectivity index (χ4n) is 2.73. The number of sulfonamides is 1. The zero-order valence-electron chi connectivity index (χ0n) is 18.5. The van der Waals surface area contributed by atoms with Gasteiger partial charge in [-0.1, -0.05) is 31.2 Å². The van der Waals surface area contributed by atoms with Gasteiger partial charge in [0, 0.05) is 18.7 Å². The second-order valence-corrected chi connectivity index (χ2v) is 8.75. The number of hydrogen-bond acceptors (Lipinski definition) is 4. The summed E-state index contributed by atoms with van der Waals surface area (Å²) in [5.41, 5.74) is 2.95. The van der Waals surface area contributed by atoms with Gasteiger partial charge in [0.05, 0.1) is 17.5 Å². The number of benzene rings is 2. The van der Waals surface area contributed by atoms with Gasteiger partial charge in [-0.25, -0.2) is 18.5 Å². The van der Waals surface area contributed by atoms with E-state index < -0.39 is 10.0 Å². The zero-order chi connectivity index (χ0) is 22.1. The van der Waals surface area contributed by atoms with Crippen LogP contribution in [0.4, 0.5) is 0 Å². The van der Waals surface area contributed by atoms with Crippen molar-refractivity contribution < 1.29 is 13.2 Å². The van der Waals surface area contributed by atoms with Crippen molar-refractivity contribution in [3.63, 3.8) is 0 Å². The SMILES string of the molecule is CCNC(=NCc1cccc(S(N)(=O)=O)c1)NCc1ccc(C)cc1OC(C)CC.I. The predicted molar refractivity (Wildman–Crippen MR) is 136 cm³/mol. The minimum absolute atomic E-state index is 0. The molecular formula is C22H33IN4O3S. The van der Waals surface area contributed by atoms with Crippen molar-refractivity contribution in [1.29, 1.82) is 0 Å². The smallest absolute Gasteiger partial charge is 0.238 e. The fourth-order valence-corrected chi connectivity index (χ4v) is 3.31. The molecule has 4 N–H and O–H groups in total. The molecule has 0 spiro atoms. The fraction of sp³-hybridized carbons (Fsp3) is 0.409. The van der Waals surface area contributed by atoms with Gasteiger partial charge in [-0.15, -0.1) is 24.0 Å². The van der Waals surface area contributed by atoms with Crippen molar-refractivity contribution in [2.24, 2.45) is 10.1 Å². The van der Waals surface area contributed by atoms with Crippen LogP contribution in [0.1, 0.15) is 43.9 Å². The lowest BCUT2D eigenvalue weighted by Crippen LogP contribution is -2.37. The van der Waals surface area contributed by atoms with Crippen molar-refractivity contribution in [3.05, 3.63) is 59.2 Å². The van der Waals surface area contributed by atoms with E-state index in [9.17, 15) is 8.42 Å². The second kappa shape index (κ2) is 12.9. The van der Waals surface area contributed by atoms with E-state index in [0.717, 1.165) is 28.9 Å². The van der Waals surface area contributed by atoms with Crippen LogP contribution in [0.5, 0.6) is 5.75 Å². The van der Waals surface area contributed by atoms with Gasteiger partial charge in [-0.2, -0.15) is 0 Å². The largest absolute Gasteiger partial charge is 0.490 e. The van der Waals surface area contributed by atoms with Gasteiger partial charge in [0.25, 0.3) is 0 Å². The van der Waals surface area contributed by atoms with Crippen molar-refractivity contribution in [3.8, 4) is 5.75 Å². The Morgan fingerprint density at radius 3 is 2.55 bits per heavy atom. The molecule has 7 nitrogen and oxygen atoms in total. The van der Waals surface area contributed by atoms with Crippen LogP contribution in [-0.2, 0) is 23.1 Å². The summed E-state index contributed by atoms with van der Waals surface area (Å²) in [6.07, 6.45) is 1.07. The summed E-state index contributed by atoms with van der Waals surface area (Å²) < 4.78 is 29.2. The predicted octanol–water partition coefficient (Wildman–Crippen LogP) is 3.69. The van der Waals surface area contributed by atoms with Crippen LogP contribution in [0.25, 0.3) is 0 Å². The first-order valence-electron chi connectivity index (χ1n) is 10.1. The lowest BCUT2D eigenvalue weighted by Gasteiger charge is -2.18. The summed E-state index contributed by atoms with van der Waals surface area (Å²) in [5.74, 6) is 1.50. The Hall–Kier alpha value is -1.85. The Bertz CT molecular complexity index is 980. The summed E-state index contributed by atoms with van der Waals surface area (Å²) in [7, 11) is -3.73. The van der Waals surface area contributed by atoms with Gasteiger partial charge in [-0.05, 0) is 56.5 Å². The number of aryl methyl sites for hydroxylation is 1. The number of guanidine groups is 1. The van der Waals surface area contributed by atoms with E-state index >= 15 is 0 Å². The average Bonchev–Trinajstić information content (AvgIpc) is 2.70. The van der Waals surface area contributed by atoms with E-state index in [1.54, 1.807) is 12.1 Å². The first-order chi connectivity index (χ1) is 14.2. The minimum Gasteiger partial charge on any atom is -0.490 e. The molecule has 0 heterocycles. The van der Waals surface area contributed by atoms with Gasteiger partial charge in [0.1, 0.15) is 5.75 Å². The standard InChI is InChI=1S/C22H32N4O3S.HI/c1-5-17(4)29-21-12-16(3)10-11-19(21)15-26-22(24-6-2)25-14-18-8-7-9-20(13-18)30(23,27)28;/h7-13,17H,5-6,14-15H2,1-4H3,(H2,23,27,28)(H2,24,25,26);1H. The molecule has 0 fully saturated rings. The van der Waals surface area contributed by atoms with Crippen LogP contribution in [0, 0.1) is 6.92 Å². The van der Waals surface area contributed by atoms with Crippen molar-refractivity contribution in [2.45, 2.75) is 58.2 Å². The van der Waals surface area contributed by atoms with Gasteiger partial charge in [-0.3, -0.25) is 0 Å². The summed E-state index contributed by atoms with van der Waals surface area (Å²) in [5, 5.41) is 11.7. The zero-order valence-corrected chi connectivity index (χ0v) is 21.7. The highest BCUT2D eigenvalue weighted by Crippen LogP contribution is 2.22. The van der Waals surface area contributed by atoms with Crippen molar-refractivity contribution in [2.75, 3.05) is 6.54 Å². The van der Waals surface area contributed by atoms with Gasteiger partial charge < -0.3 is 15.4 Å². The highest BCUT2D eigenvalue weighted by Gasteiger charge is 2.10. The molecule has 0 aliphatic rings. The molecule has 2 rings (SSSR count). The van der Waals surface area contributed by atoms with E-state index in [4.69, 9.17) is 9.88 Å². The molecule has 0 amide bonds. The summed E-state index contributed by atoms with van der Waals surface area (Å²) >= 11 is 0. The molecule has 2 aromatic carbocycles. The third-order valence-corrected chi connectivity index (χ3v) is 5.47. The van der Waals surface area contributed by atoms with Crippen molar-refractivity contribution >= 4 is 40.0 Å². The normalized spacial score (nSPS) is 12.6. The molecule has 1 atom stereocenters. The van der Waals surface area contributed by atoms with Gasteiger partial charge >= 0.3 is 0 Å². The Morgan fingerprint density at radius 2 is 1.90 bits per heavy atom. The summed E-state index contributed by atoms with van der Waals surface area (Å²) in [6, 6.07) is 12.7. The van der Waals surface area contributed by atoms with Crippen LogP contribution >= 0.6 is 24.0 Å². The number of rotatable bonds is 9. The first-order valence-corrected chi connectivity index (χ1v) is 11.7. The Labute approximate surface area is 202 Å². The average molecular weight is 561 g/mol. The maximum absolute atomic E-state index is 11.5. The minimum atomic E-state index is -3.73. The Kier molecular flexibility index (Phi) is 11.3. The number of ether oxygens (including phenoxy) is 1. The van der Waals surface area contributed by atoms with Crippen LogP contribution in [0.3, 0.4) is 0 Å². The number of hydrogen-bond donors (Lipinski definition) is 3. The molecule has 2 aromatic rings. The third kappa shape index (κ3) is 9.04. The molecule has 0 saturated heterocycles. The van der Waals surface area contributed by atoms with Crippen molar-refractivity contribution in [1.82, 2.24) is 10.6 Å². The van der Waals surface area contributed by atoms with Crippen LogP contribution in [-0.4, -0.2) is 27.0 Å². The molecule has 0 saturated carbocycles. The Morgan fingerprint density at radius 1 is 1.16 bits per heavy atom. The maximum Gasteiger partial charge on any atom is 0.238 e. The Balaban J connectivity index is 0.00000480. The first kappa shape index (κ1) is 27.2. The number of halogens is 1. The van der Waals surface area contributed by atoms with E-state index in [1.165, 1.54) is 6.07 Å². The highest BCUT2D eigenvalue weighted by atomic mass is 127. The monoisotopic (exact) mass is 560 g/mol. The second-order valence-electron chi connectivity index (χ2n) is 7.19. The molecule has 0 radical (unpaired) electrons. The van der Waals surface area contributed by atoms with E-state index in [1.807, 2.05) is 26.0 Å². The molecule has 31 heavy (non-hydrogen) atoms. The maximum atomic E-state index is 11.5. The van der Waals surface area contributed by atoms with Crippen LogP contribution in [0.2, 0.25) is 0 Å². The summed E-state index contributed by atoms with van der Waals surface area (Å²) in [4.78, 5) is 4.65. The van der Waals surface area contributed by atoms with E-state index in [0.29, 0.717) is 25.6 Å². The summed E-state index contributed by atoms with van der Waals surface area (Å²) in [6.45, 7) is 9.76. The molecule has 172 valence electrons. The highest BCUT2D eigenvalue weighted by molar-refractivity contribution is 14.0. The number of nitrogens with zero attached hydrogens (tertiary/aromatic N) is 1. The van der Waals surface area contributed by atoms with E-state index in [2.05, 4.69) is 41.6 Å². The third-order valence-electron chi connectivity index (χ3n) is 4.56. The topological polar surface area (TPSA) is 106 Å². The number of aliphatic imine (C=N–C) groups is 1. The van der Waals surface area contributed by atoms with Gasteiger partial charge in [0.15, 0.2) is 5.96 Å². The quantitative estimate of drug-likeness (QED) is 0.247. The van der Waals surface area contributed by atoms with Gasteiger partial charge in [0.2, 0.25) is 10.0 Å². The molecule has 1 unspecified atom stereocenters. The molecule has 0 aromatic heterocycles. The molecule has 0 aliphatic carbocycles. The van der Waals surface area contributed by atoms with Crippen LogP contribution < -0.4 is 20.5 Å². The van der Waals surface area contributed by atoms with Crippen LogP contribution in [0.15, 0.2) is 52.4 Å². The number of nitrogens with one attached hydrogen (secondary N) is 2. The number of nitrogens with two attached hydrogens (primary N) is 1. The molecule has 0 aliphatic heterocycles. The molecular weight excluding hydrogens is 527 g/mol. The molecule has 0 bridgehead atoms. The molecule has 9 heteroatoms. The lowest BCUT2D eigenvalue weighted by molar-refractivity contribution is 0.215. The lowest BCUT2D eigenvalue weighted by atomic mass is 10.1. The number of primary sulfonamides is 1. The van der Waals surface area contributed by atoms with E-state index in [-0.39, 0.29) is 35.0 Å².